The molecule has 11 nitrogen and oxygen atoms in total. The number of hydrogen-bond acceptors (Lipinski definition) is 8. The fourth-order valence-corrected chi connectivity index (χ4v) is 5.85. The smallest absolute Gasteiger partial charge is 0.316 e. The lowest BCUT2D eigenvalue weighted by molar-refractivity contribution is -0.130. The quantitative estimate of drug-likeness (QED) is 0.370. The van der Waals surface area contributed by atoms with Crippen molar-refractivity contribution < 1.29 is 18.7 Å². The van der Waals surface area contributed by atoms with E-state index < -0.39 is 11.7 Å². The number of ether oxygens (including phenoxy) is 1. The second-order valence-corrected chi connectivity index (χ2v) is 11.1. The fourth-order valence-electron chi connectivity index (χ4n) is 5.85. The second-order valence-electron chi connectivity index (χ2n) is 11.1. The number of anilines is 2. The zero-order valence-electron chi connectivity index (χ0n) is 23.5. The van der Waals surface area contributed by atoms with Crippen molar-refractivity contribution >= 4 is 45.0 Å². The minimum atomic E-state index is -0.523. The topological polar surface area (TPSA) is 118 Å². The molecule has 2 aromatic carbocycles. The molecule has 4 aromatic rings. The Hall–Kier alpha value is -4.32. The molecule has 2 fully saturated rings. The van der Waals surface area contributed by atoms with Crippen LogP contribution in [0, 0.1) is 11.7 Å². The average Bonchev–Trinajstić information content (AvgIpc) is 3.46. The van der Waals surface area contributed by atoms with Gasteiger partial charge in [-0.2, -0.15) is 10.1 Å². The Kier molecular flexibility index (Phi) is 6.94. The first-order valence-corrected chi connectivity index (χ1v) is 13.8. The monoisotopic (exact) mass is 560 g/mol. The maximum Gasteiger partial charge on any atom is 0.316 e. The van der Waals surface area contributed by atoms with E-state index in [0.29, 0.717) is 40.5 Å². The van der Waals surface area contributed by atoms with Gasteiger partial charge in [0.25, 0.3) is 5.91 Å². The van der Waals surface area contributed by atoms with E-state index in [1.165, 1.54) is 10.7 Å². The molecule has 0 aliphatic carbocycles. The van der Waals surface area contributed by atoms with Crippen LogP contribution in [0.3, 0.4) is 0 Å². The van der Waals surface area contributed by atoms with Crippen molar-refractivity contribution in [2.75, 3.05) is 43.5 Å². The van der Waals surface area contributed by atoms with E-state index in [0.717, 1.165) is 18.8 Å². The number of benzene rings is 2. The number of aryl methyl sites for hydroxylation is 1. The van der Waals surface area contributed by atoms with Crippen LogP contribution in [0.5, 0.6) is 6.01 Å². The summed E-state index contributed by atoms with van der Waals surface area (Å²) in [6.07, 6.45) is 4.07. The van der Waals surface area contributed by atoms with Gasteiger partial charge in [-0.25, -0.2) is 9.37 Å². The Balaban J connectivity index is 1.35. The van der Waals surface area contributed by atoms with E-state index in [9.17, 15) is 14.0 Å². The predicted molar refractivity (Wildman–Crippen MR) is 154 cm³/mol. The first kappa shape index (κ1) is 26.9. The maximum atomic E-state index is 14.7. The van der Waals surface area contributed by atoms with E-state index in [4.69, 9.17) is 4.74 Å². The maximum absolute atomic E-state index is 14.7. The van der Waals surface area contributed by atoms with Gasteiger partial charge in [-0.3, -0.25) is 14.3 Å². The summed E-state index contributed by atoms with van der Waals surface area (Å²) in [6, 6.07) is 7.23. The number of piperazine rings is 1. The van der Waals surface area contributed by atoms with Gasteiger partial charge in [0.15, 0.2) is 5.82 Å². The third kappa shape index (κ3) is 5.26. The minimum Gasteiger partial charge on any atom is -0.463 e. The van der Waals surface area contributed by atoms with E-state index in [1.807, 2.05) is 6.07 Å². The van der Waals surface area contributed by atoms with Crippen LogP contribution >= 0.6 is 0 Å². The van der Waals surface area contributed by atoms with Gasteiger partial charge < -0.3 is 25.2 Å². The molecule has 214 valence electrons. The number of hydrogen-bond donors (Lipinski definition) is 2. The number of likely N-dealkylation sites (tertiary alicyclic amines) is 1. The van der Waals surface area contributed by atoms with E-state index in [-0.39, 0.29) is 42.0 Å². The summed E-state index contributed by atoms with van der Waals surface area (Å²) in [7, 11) is 3.49. The molecular formula is C29H33FN8O3. The lowest BCUT2D eigenvalue weighted by Gasteiger charge is -2.38. The highest BCUT2D eigenvalue weighted by Gasteiger charge is 2.30. The first-order valence-electron chi connectivity index (χ1n) is 13.8. The van der Waals surface area contributed by atoms with Crippen molar-refractivity contribution in [1.29, 1.82) is 0 Å². The van der Waals surface area contributed by atoms with E-state index in [1.54, 1.807) is 43.5 Å². The van der Waals surface area contributed by atoms with Crippen molar-refractivity contribution in [2.24, 2.45) is 13.0 Å². The van der Waals surface area contributed by atoms with Gasteiger partial charge in [-0.1, -0.05) is 0 Å². The van der Waals surface area contributed by atoms with Gasteiger partial charge >= 0.3 is 6.01 Å². The molecule has 6 rings (SSSR count). The number of carbonyl (C=O) groups excluding carboxylic acids is 2. The van der Waals surface area contributed by atoms with Gasteiger partial charge in [-0.15, -0.1) is 0 Å². The van der Waals surface area contributed by atoms with Crippen LogP contribution in [0.15, 0.2) is 36.7 Å². The highest BCUT2D eigenvalue weighted by Crippen LogP contribution is 2.32. The minimum absolute atomic E-state index is 0.0351. The second kappa shape index (κ2) is 10.6. The molecule has 2 aliphatic rings. The summed E-state index contributed by atoms with van der Waals surface area (Å²) in [6.45, 7) is 6.68. The number of nitrogens with zero attached hydrogens (tertiary/aromatic N) is 6. The van der Waals surface area contributed by atoms with Crippen LogP contribution in [0.1, 0.15) is 30.6 Å². The molecule has 0 spiro atoms. The van der Waals surface area contributed by atoms with Crippen molar-refractivity contribution in [3.8, 4) is 6.01 Å². The molecule has 2 aromatic heterocycles. The largest absolute Gasteiger partial charge is 0.463 e. The molecule has 2 saturated heterocycles. The van der Waals surface area contributed by atoms with E-state index in [2.05, 4.69) is 44.4 Å². The molecule has 2 amide bonds. The zero-order chi connectivity index (χ0) is 28.8. The molecule has 12 heteroatoms. The molecule has 2 N–H and O–H groups in total. The van der Waals surface area contributed by atoms with Crippen molar-refractivity contribution in [3.05, 3.63) is 48.0 Å². The van der Waals surface area contributed by atoms with Gasteiger partial charge in [0.05, 0.1) is 17.0 Å². The Bertz CT molecular complexity index is 1650. The molecule has 0 radical (unpaired) electrons. The summed E-state index contributed by atoms with van der Waals surface area (Å²) in [5.74, 6) is -1.18. The number of nitrogens with one attached hydrogen (secondary N) is 2. The molecule has 1 unspecified atom stereocenters. The average molecular weight is 561 g/mol. The Morgan fingerprint density at radius 3 is 2.68 bits per heavy atom. The third-order valence-corrected chi connectivity index (χ3v) is 7.73. The molecule has 41 heavy (non-hydrogen) atoms. The summed E-state index contributed by atoms with van der Waals surface area (Å²) in [4.78, 5) is 39.0. The van der Waals surface area contributed by atoms with Crippen LogP contribution in [0.25, 0.3) is 21.8 Å². The number of aromatic nitrogens is 4. The standard InChI is InChI=1S/C29H33FN8O3/c1-16-12-38(13-17(2)32-16)24-6-5-21(27(39)33-20-9-19-14-37(4)35-25(19)23(30)10-20)26-22(24)11-31-29(34-26)41-15-18-7-8-36(3)28(18)40/h5-6,9-11,14,16-18,32H,7-8,12-13,15H2,1-4H3,(H,33,39)/t16-,17-,18?/m1/s1. The molecular weight excluding hydrogens is 527 g/mol. The van der Waals surface area contributed by atoms with Gasteiger partial charge in [0, 0.05) is 80.4 Å². The Morgan fingerprint density at radius 2 is 1.95 bits per heavy atom. The molecule has 4 heterocycles. The highest BCUT2D eigenvalue weighted by atomic mass is 19.1. The van der Waals surface area contributed by atoms with Gasteiger partial charge in [0.2, 0.25) is 5.91 Å². The van der Waals surface area contributed by atoms with Crippen molar-refractivity contribution in [2.45, 2.75) is 32.4 Å². The molecule has 3 atom stereocenters. The SMILES string of the molecule is C[C@@H]1CN(c2ccc(C(=O)Nc3cc(F)c4nn(C)cc4c3)c3nc(OCC4CCN(C)C4=O)ncc23)C[C@@H](C)N1. The summed E-state index contributed by atoms with van der Waals surface area (Å²) < 4.78 is 22.1. The lowest BCUT2D eigenvalue weighted by atomic mass is 10.0. The first-order chi connectivity index (χ1) is 19.7. The van der Waals surface area contributed by atoms with Crippen LogP contribution < -0.4 is 20.3 Å². The van der Waals surface area contributed by atoms with Gasteiger partial charge in [0.1, 0.15) is 12.1 Å². The summed E-state index contributed by atoms with van der Waals surface area (Å²) in [5.41, 5.74) is 2.18. The van der Waals surface area contributed by atoms with Crippen molar-refractivity contribution in [3.63, 3.8) is 0 Å². The molecule has 0 saturated carbocycles. The summed E-state index contributed by atoms with van der Waals surface area (Å²) in [5, 5.41) is 11.8. The Morgan fingerprint density at radius 1 is 1.17 bits per heavy atom. The van der Waals surface area contributed by atoms with E-state index >= 15 is 0 Å². The lowest BCUT2D eigenvalue weighted by Crippen LogP contribution is -2.54. The number of halogens is 1. The van der Waals surface area contributed by atoms with Crippen molar-refractivity contribution in [1.82, 2.24) is 30.0 Å². The van der Waals surface area contributed by atoms with Gasteiger partial charge in [-0.05, 0) is 44.5 Å². The number of amides is 2. The highest BCUT2D eigenvalue weighted by molar-refractivity contribution is 6.14. The fraction of sp³-hybridized carbons (Fsp3) is 0.414. The Labute approximate surface area is 236 Å². The van der Waals surface area contributed by atoms with Crippen LogP contribution in [-0.2, 0) is 11.8 Å². The van der Waals surface area contributed by atoms with Crippen LogP contribution in [0.4, 0.5) is 15.8 Å². The number of carbonyl (C=O) groups is 2. The summed E-state index contributed by atoms with van der Waals surface area (Å²) >= 11 is 0. The zero-order valence-corrected chi connectivity index (χ0v) is 23.5. The predicted octanol–water partition coefficient (Wildman–Crippen LogP) is 2.95. The molecule has 2 aliphatic heterocycles. The molecule has 0 bridgehead atoms. The van der Waals surface area contributed by atoms with Crippen LogP contribution in [-0.4, -0.2) is 81.8 Å². The number of rotatable bonds is 6. The normalized spacial score (nSPS) is 21.2. The number of fused-ring (bicyclic) bond motifs is 2. The van der Waals surface area contributed by atoms with Crippen LogP contribution in [0.2, 0.25) is 0 Å². The third-order valence-electron chi connectivity index (χ3n) is 7.73.